The first-order chi connectivity index (χ1) is 17.9. The molecule has 2 saturated heterocycles. The largest absolute Gasteiger partial charge is 0.481 e. The second kappa shape index (κ2) is 8.80. The molecule has 7 nitrogen and oxygen atoms in total. The summed E-state index contributed by atoms with van der Waals surface area (Å²) in [5.74, 6) is -1.06. The van der Waals surface area contributed by atoms with Crippen LogP contribution in [0.1, 0.15) is 107 Å². The van der Waals surface area contributed by atoms with Crippen molar-refractivity contribution in [1.29, 1.82) is 0 Å². The Balaban J connectivity index is 1.51. The third-order valence-corrected chi connectivity index (χ3v) is 12.3. The van der Waals surface area contributed by atoms with Gasteiger partial charge < -0.3 is 19.3 Å². The first-order valence-corrected chi connectivity index (χ1v) is 14.9. The van der Waals surface area contributed by atoms with E-state index in [1.165, 1.54) is 18.1 Å². The molecule has 2 saturated carbocycles. The average molecular weight is 545 g/mol. The van der Waals surface area contributed by atoms with Crippen molar-refractivity contribution in [2.45, 2.75) is 131 Å². The highest BCUT2D eigenvalue weighted by Crippen LogP contribution is 2.74. The monoisotopic (exact) mass is 544 g/mol. The van der Waals surface area contributed by atoms with Crippen molar-refractivity contribution in [2.24, 2.45) is 39.4 Å². The number of esters is 2. The highest BCUT2D eigenvalue weighted by Gasteiger charge is 2.71. The van der Waals surface area contributed by atoms with Crippen molar-refractivity contribution < 1.29 is 33.7 Å². The van der Waals surface area contributed by atoms with Crippen molar-refractivity contribution >= 4 is 17.9 Å². The van der Waals surface area contributed by atoms with Gasteiger partial charge in [-0.25, -0.2) is 0 Å². The molecule has 0 radical (unpaired) electrons. The molecule has 9 atom stereocenters. The van der Waals surface area contributed by atoms with Crippen LogP contribution in [0.4, 0.5) is 0 Å². The number of aliphatic carboxylic acids is 1. The summed E-state index contributed by atoms with van der Waals surface area (Å²) in [7, 11) is 0. The van der Waals surface area contributed by atoms with E-state index in [1.54, 1.807) is 0 Å². The summed E-state index contributed by atoms with van der Waals surface area (Å²) < 4.78 is 17.8. The standard InChI is InChI=1S/C32H48O7/c1-17(14-22(37-18(2)33)26-29(5,6)39-26)19-10-12-31(8)20(19)15-21-25-30(7,16-24(34)38-21)23(11-13-32(25,31)9)28(3,4)27(35)36/h17,21-23,25-26H,10-16H2,1-9H3,(H,35,36)/t17-,21+,22+,23?,25+,26-,30+,31+,32+/m1/s1. The predicted molar refractivity (Wildman–Crippen MR) is 146 cm³/mol. The summed E-state index contributed by atoms with van der Waals surface area (Å²) in [6, 6.07) is 0. The molecule has 2 heterocycles. The van der Waals surface area contributed by atoms with E-state index in [1.807, 2.05) is 27.7 Å². The van der Waals surface area contributed by atoms with Crippen LogP contribution in [0.15, 0.2) is 11.1 Å². The molecule has 1 unspecified atom stereocenters. The number of carbonyl (C=O) groups is 3. The molecule has 0 spiro atoms. The molecule has 0 amide bonds. The topological polar surface area (TPSA) is 102 Å². The van der Waals surface area contributed by atoms with Crippen LogP contribution in [0, 0.1) is 39.4 Å². The van der Waals surface area contributed by atoms with Crippen LogP contribution in [0.2, 0.25) is 0 Å². The Hall–Kier alpha value is -1.89. The van der Waals surface area contributed by atoms with Gasteiger partial charge in [0.1, 0.15) is 18.3 Å². The zero-order valence-corrected chi connectivity index (χ0v) is 25.3. The number of hydrogen-bond acceptors (Lipinski definition) is 6. The molecule has 0 aromatic heterocycles. The Kier molecular flexibility index (Phi) is 6.46. The van der Waals surface area contributed by atoms with Crippen molar-refractivity contribution in [1.82, 2.24) is 0 Å². The van der Waals surface area contributed by atoms with Gasteiger partial charge in [0.05, 0.1) is 17.4 Å². The summed E-state index contributed by atoms with van der Waals surface area (Å²) >= 11 is 0. The summed E-state index contributed by atoms with van der Waals surface area (Å²) in [6.45, 7) is 18.4. The van der Waals surface area contributed by atoms with E-state index in [4.69, 9.17) is 14.2 Å². The number of carboxylic acid groups (broad SMARTS) is 1. The molecule has 0 bridgehead atoms. The molecule has 4 fully saturated rings. The zero-order valence-electron chi connectivity index (χ0n) is 25.3. The van der Waals surface area contributed by atoms with Gasteiger partial charge in [-0.05, 0) is 87.9 Å². The Bertz CT molecular complexity index is 1120. The molecule has 7 heteroatoms. The SMILES string of the molecule is CC(=O)O[C@@H](C[C@@H](C)C1=C2C[C@@H]3OC(=O)C[C@@]4(C)C(C(C)(C)C(=O)O)CC[C@@](C)([C@@H]34)[C@@]2(C)CC1)[C@H]1OC1(C)C. The molecule has 2 aliphatic heterocycles. The molecule has 5 aliphatic rings. The second-order valence-corrected chi connectivity index (χ2v) is 15.2. The van der Waals surface area contributed by atoms with Crippen LogP contribution in [-0.4, -0.2) is 46.9 Å². The van der Waals surface area contributed by atoms with E-state index in [2.05, 4.69) is 27.7 Å². The average Bonchev–Trinajstić information content (AvgIpc) is 3.28. The van der Waals surface area contributed by atoms with E-state index in [0.717, 1.165) is 25.7 Å². The minimum Gasteiger partial charge on any atom is -0.481 e. The summed E-state index contributed by atoms with van der Waals surface area (Å²) in [6.07, 6.45) is 4.82. The van der Waals surface area contributed by atoms with Gasteiger partial charge in [0.15, 0.2) is 0 Å². The third-order valence-electron chi connectivity index (χ3n) is 12.3. The molecule has 5 rings (SSSR count). The van der Waals surface area contributed by atoms with Gasteiger partial charge in [0, 0.05) is 19.3 Å². The lowest BCUT2D eigenvalue weighted by Gasteiger charge is -2.68. The van der Waals surface area contributed by atoms with Crippen molar-refractivity contribution in [3.05, 3.63) is 11.1 Å². The Morgan fingerprint density at radius 3 is 2.36 bits per heavy atom. The first kappa shape index (κ1) is 28.6. The van der Waals surface area contributed by atoms with Crippen molar-refractivity contribution in [3.8, 4) is 0 Å². The molecular weight excluding hydrogens is 496 g/mol. The number of fused-ring (bicyclic) bond motifs is 2. The van der Waals surface area contributed by atoms with Gasteiger partial charge in [-0.2, -0.15) is 0 Å². The quantitative estimate of drug-likeness (QED) is 0.235. The van der Waals surface area contributed by atoms with E-state index in [-0.39, 0.29) is 70.9 Å². The lowest BCUT2D eigenvalue weighted by Crippen LogP contribution is -2.67. The number of carboxylic acids is 1. The van der Waals surface area contributed by atoms with Gasteiger partial charge in [-0.1, -0.05) is 38.8 Å². The number of ether oxygens (including phenoxy) is 3. The Morgan fingerprint density at radius 1 is 1.15 bits per heavy atom. The van der Waals surface area contributed by atoms with Crippen LogP contribution in [0.3, 0.4) is 0 Å². The number of epoxide rings is 1. The van der Waals surface area contributed by atoms with Gasteiger partial charge in [0.25, 0.3) is 0 Å². The van der Waals surface area contributed by atoms with Gasteiger partial charge in [-0.15, -0.1) is 0 Å². The van der Waals surface area contributed by atoms with E-state index in [9.17, 15) is 19.5 Å². The fraction of sp³-hybridized carbons (Fsp3) is 0.844. The predicted octanol–water partition coefficient (Wildman–Crippen LogP) is 6.09. The minimum atomic E-state index is -0.922. The number of allylic oxidation sites excluding steroid dienone is 1. The molecule has 0 aromatic carbocycles. The number of hydrogen-bond donors (Lipinski definition) is 1. The highest BCUT2D eigenvalue weighted by atomic mass is 16.6. The maximum absolute atomic E-state index is 13.1. The first-order valence-electron chi connectivity index (χ1n) is 14.9. The number of rotatable bonds is 7. The molecule has 3 aliphatic carbocycles. The lowest BCUT2D eigenvalue weighted by molar-refractivity contribution is -0.237. The molecule has 218 valence electrons. The minimum absolute atomic E-state index is 0.0482. The van der Waals surface area contributed by atoms with Crippen LogP contribution >= 0.6 is 0 Å². The normalized spacial score (nSPS) is 42.1. The fourth-order valence-corrected chi connectivity index (χ4v) is 10.2. The molecule has 1 N–H and O–H groups in total. The Morgan fingerprint density at radius 2 is 1.79 bits per heavy atom. The van der Waals surface area contributed by atoms with Crippen LogP contribution < -0.4 is 0 Å². The van der Waals surface area contributed by atoms with Crippen LogP contribution in [0.5, 0.6) is 0 Å². The molecular formula is C32H48O7. The smallest absolute Gasteiger partial charge is 0.309 e. The third kappa shape index (κ3) is 4.11. The highest BCUT2D eigenvalue weighted by molar-refractivity contribution is 5.76. The summed E-state index contributed by atoms with van der Waals surface area (Å²) in [5, 5.41) is 10.2. The van der Waals surface area contributed by atoms with Gasteiger partial charge in [0.2, 0.25) is 0 Å². The molecule has 39 heavy (non-hydrogen) atoms. The summed E-state index contributed by atoms with van der Waals surface area (Å²) in [5.41, 5.74) is 1.05. The van der Waals surface area contributed by atoms with Crippen LogP contribution in [0.25, 0.3) is 0 Å². The lowest BCUT2D eigenvalue weighted by atomic mass is 9.37. The van der Waals surface area contributed by atoms with Gasteiger partial charge >= 0.3 is 17.9 Å². The zero-order chi connectivity index (χ0) is 28.9. The molecule has 0 aromatic rings. The summed E-state index contributed by atoms with van der Waals surface area (Å²) in [4.78, 5) is 37.4. The van der Waals surface area contributed by atoms with E-state index < -0.39 is 16.8 Å². The van der Waals surface area contributed by atoms with Crippen molar-refractivity contribution in [2.75, 3.05) is 0 Å². The fourth-order valence-electron chi connectivity index (χ4n) is 10.2. The van der Waals surface area contributed by atoms with E-state index in [0.29, 0.717) is 12.8 Å². The van der Waals surface area contributed by atoms with E-state index >= 15 is 0 Å². The van der Waals surface area contributed by atoms with Crippen molar-refractivity contribution in [3.63, 3.8) is 0 Å². The Labute approximate surface area is 233 Å². The van der Waals surface area contributed by atoms with Gasteiger partial charge in [-0.3, -0.25) is 14.4 Å². The van der Waals surface area contributed by atoms with Crippen LogP contribution in [-0.2, 0) is 28.6 Å². The maximum Gasteiger partial charge on any atom is 0.309 e. The number of carbonyl (C=O) groups excluding carboxylic acids is 2. The second-order valence-electron chi connectivity index (χ2n) is 15.2. The maximum atomic E-state index is 13.1.